The second-order valence-corrected chi connectivity index (χ2v) is 6.10. The molecular weight excluding hydrogens is 214 g/mol. The fourth-order valence-electron chi connectivity index (χ4n) is 1.84. The smallest absolute Gasteiger partial charge is 0.256 e. The predicted octanol–water partition coefficient (Wildman–Crippen LogP) is 2.72. The van der Waals surface area contributed by atoms with Crippen molar-refractivity contribution in [3.63, 3.8) is 0 Å². The molecule has 0 radical (unpaired) electrons. The Morgan fingerprint density at radius 3 is 2.79 bits per heavy atom. The van der Waals surface area contributed by atoms with Crippen molar-refractivity contribution in [3.05, 3.63) is 0 Å². The predicted molar refractivity (Wildman–Crippen MR) is 64.2 cm³/mol. The normalized spacial score (nSPS) is 24.0. The van der Waals surface area contributed by atoms with Crippen molar-refractivity contribution in [2.75, 3.05) is 11.5 Å². The van der Waals surface area contributed by atoms with E-state index >= 15 is 0 Å². The molecule has 1 amide bonds. The summed E-state index contributed by atoms with van der Waals surface area (Å²) in [5.74, 6) is 1.58. The van der Waals surface area contributed by atoms with Gasteiger partial charge < -0.3 is 0 Å². The first kappa shape index (κ1) is 10.6. The zero-order valence-electron chi connectivity index (χ0n) is 8.20. The maximum absolute atomic E-state index is 10.9. The van der Waals surface area contributed by atoms with Gasteiger partial charge in [0.1, 0.15) is 0 Å². The van der Waals surface area contributed by atoms with E-state index in [1.807, 2.05) is 11.8 Å². The van der Waals surface area contributed by atoms with Crippen molar-refractivity contribution in [1.29, 1.82) is 0 Å². The van der Waals surface area contributed by atoms with Gasteiger partial charge >= 0.3 is 0 Å². The Hall–Kier alpha value is 0.0400. The summed E-state index contributed by atoms with van der Waals surface area (Å²) in [4.78, 5) is 14.9. The third-order valence-corrected chi connectivity index (χ3v) is 5.13. The molecule has 0 N–H and O–H groups in total. The molecule has 0 unspecified atom stereocenters. The summed E-state index contributed by atoms with van der Waals surface area (Å²) in [5.41, 5.74) is 0. The van der Waals surface area contributed by atoms with Crippen LogP contribution in [-0.2, 0) is 4.79 Å². The van der Waals surface area contributed by atoms with Crippen LogP contribution in [0.25, 0.3) is 0 Å². The molecule has 0 aromatic carbocycles. The standard InChI is InChI=1S/C10H15NOS2/c12-9-6-14-10(11-9)7-13-8-4-2-1-3-5-8/h8H,1-7H2. The summed E-state index contributed by atoms with van der Waals surface area (Å²) < 4.78 is 0. The summed E-state index contributed by atoms with van der Waals surface area (Å²) in [6.45, 7) is 0. The van der Waals surface area contributed by atoms with Crippen LogP contribution in [0.4, 0.5) is 0 Å². The zero-order valence-corrected chi connectivity index (χ0v) is 9.83. The van der Waals surface area contributed by atoms with Crippen LogP contribution >= 0.6 is 23.5 Å². The Morgan fingerprint density at radius 2 is 2.14 bits per heavy atom. The molecule has 2 aliphatic rings. The number of carbonyl (C=O) groups is 1. The Bertz CT molecular complexity index is 247. The first-order valence-electron chi connectivity index (χ1n) is 5.19. The Labute approximate surface area is 93.3 Å². The molecule has 0 bridgehead atoms. The van der Waals surface area contributed by atoms with Crippen molar-refractivity contribution in [2.45, 2.75) is 37.4 Å². The Kier molecular flexibility index (Phi) is 3.93. The topological polar surface area (TPSA) is 29.4 Å². The van der Waals surface area contributed by atoms with Crippen LogP contribution in [-0.4, -0.2) is 27.7 Å². The summed E-state index contributed by atoms with van der Waals surface area (Å²) in [6.07, 6.45) is 6.89. The molecule has 1 fully saturated rings. The van der Waals surface area contributed by atoms with Crippen molar-refractivity contribution >= 4 is 34.5 Å². The fourth-order valence-corrected chi connectivity index (χ4v) is 4.01. The lowest BCUT2D eigenvalue weighted by atomic mass is 10.0. The lowest BCUT2D eigenvalue weighted by molar-refractivity contribution is -0.115. The molecule has 0 spiro atoms. The molecule has 78 valence electrons. The van der Waals surface area contributed by atoms with E-state index in [4.69, 9.17) is 0 Å². The van der Waals surface area contributed by atoms with Gasteiger partial charge in [0.2, 0.25) is 0 Å². The van der Waals surface area contributed by atoms with Crippen LogP contribution in [0.5, 0.6) is 0 Å². The number of hydrogen-bond donors (Lipinski definition) is 0. The number of carbonyl (C=O) groups excluding carboxylic acids is 1. The van der Waals surface area contributed by atoms with E-state index in [9.17, 15) is 4.79 Å². The highest BCUT2D eigenvalue weighted by atomic mass is 32.2. The first-order valence-corrected chi connectivity index (χ1v) is 7.23. The summed E-state index contributed by atoms with van der Waals surface area (Å²) >= 11 is 3.61. The van der Waals surface area contributed by atoms with Gasteiger partial charge in [0, 0.05) is 11.0 Å². The summed E-state index contributed by atoms with van der Waals surface area (Å²) in [6, 6.07) is 0. The molecule has 14 heavy (non-hydrogen) atoms. The van der Waals surface area contributed by atoms with Gasteiger partial charge in [-0.15, -0.1) is 0 Å². The molecule has 0 saturated heterocycles. The van der Waals surface area contributed by atoms with E-state index in [0.29, 0.717) is 5.75 Å². The molecule has 2 rings (SSSR count). The van der Waals surface area contributed by atoms with Crippen LogP contribution < -0.4 is 0 Å². The SMILES string of the molecule is O=C1CSC(CSC2CCCCC2)=N1. The third kappa shape index (κ3) is 3.02. The van der Waals surface area contributed by atoms with Gasteiger partial charge in [-0.3, -0.25) is 4.79 Å². The van der Waals surface area contributed by atoms with Crippen molar-refractivity contribution in [1.82, 2.24) is 0 Å². The highest BCUT2D eigenvalue weighted by molar-refractivity contribution is 8.17. The monoisotopic (exact) mass is 229 g/mol. The van der Waals surface area contributed by atoms with Gasteiger partial charge in [0.25, 0.3) is 5.91 Å². The number of rotatable bonds is 3. The number of amides is 1. The second kappa shape index (κ2) is 5.21. The molecule has 1 aliphatic heterocycles. The maximum Gasteiger partial charge on any atom is 0.256 e. The van der Waals surface area contributed by atoms with Crippen LogP contribution in [0.15, 0.2) is 4.99 Å². The molecule has 1 saturated carbocycles. The molecule has 4 heteroatoms. The minimum Gasteiger partial charge on any atom is -0.272 e. The van der Waals surface area contributed by atoms with E-state index in [2.05, 4.69) is 4.99 Å². The van der Waals surface area contributed by atoms with E-state index in [0.717, 1.165) is 16.0 Å². The molecule has 0 aromatic heterocycles. The molecule has 1 heterocycles. The van der Waals surface area contributed by atoms with Crippen molar-refractivity contribution < 1.29 is 4.79 Å². The number of thioether (sulfide) groups is 2. The molecule has 0 atom stereocenters. The van der Waals surface area contributed by atoms with E-state index in [1.165, 1.54) is 32.1 Å². The Balaban J connectivity index is 1.71. The van der Waals surface area contributed by atoms with E-state index < -0.39 is 0 Å². The van der Waals surface area contributed by atoms with E-state index in [-0.39, 0.29) is 5.91 Å². The van der Waals surface area contributed by atoms with E-state index in [1.54, 1.807) is 11.8 Å². The van der Waals surface area contributed by atoms with Gasteiger partial charge in [-0.25, -0.2) is 4.99 Å². The molecule has 2 nitrogen and oxygen atoms in total. The van der Waals surface area contributed by atoms with Crippen LogP contribution in [0.2, 0.25) is 0 Å². The van der Waals surface area contributed by atoms with Gasteiger partial charge in [-0.1, -0.05) is 31.0 Å². The fraction of sp³-hybridized carbons (Fsp3) is 0.800. The van der Waals surface area contributed by atoms with Gasteiger partial charge in [-0.2, -0.15) is 11.8 Å². The Morgan fingerprint density at radius 1 is 1.36 bits per heavy atom. The van der Waals surface area contributed by atoms with Crippen LogP contribution in [0.1, 0.15) is 32.1 Å². The molecule has 0 aromatic rings. The minimum atomic E-state index is 0.0502. The van der Waals surface area contributed by atoms with Crippen molar-refractivity contribution in [2.24, 2.45) is 4.99 Å². The lowest BCUT2D eigenvalue weighted by Crippen LogP contribution is -2.10. The second-order valence-electron chi connectivity index (χ2n) is 3.76. The summed E-state index contributed by atoms with van der Waals surface area (Å²) in [5, 5.41) is 1.87. The maximum atomic E-state index is 10.9. The minimum absolute atomic E-state index is 0.0502. The quantitative estimate of drug-likeness (QED) is 0.745. The highest BCUT2D eigenvalue weighted by Gasteiger charge is 2.18. The third-order valence-electron chi connectivity index (χ3n) is 2.61. The van der Waals surface area contributed by atoms with Crippen LogP contribution in [0.3, 0.4) is 0 Å². The highest BCUT2D eigenvalue weighted by Crippen LogP contribution is 2.29. The largest absolute Gasteiger partial charge is 0.272 e. The van der Waals surface area contributed by atoms with Gasteiger partial charge in [0.05, 0.1) is 10.8 Å². The van der Waals surface area contributed by atoms with Crippen molar-refractivity contribution in [3.8, 4) is 0 Å². The molecular formula is C10H15NOS2. The first-order chi connectivity index (χ1) is 6.84. The number of hydrogen-bond acceptors (Lipinski definition) is 3. The average Bonchev–Trinajstić information content (AvgIpc) is 2.63. The lowest BCUT2D eigenvalue weighted by Gasteiger charge is -2.20. The van der Waals surface area contributed by atoms with Gasteiger partial charge in [0.15, 0.2) is 0 Å². The number of nitrogens with zero attached hydrogens (tertiary/aromatic N) is 1. The summed E-state index contributed by atoms with van der Waals surface area (Å²) in [7, 11) is 0. The average molecular weight is 229 g/mol. The molecule has 1 aliphatic carbocycles. The van der Waals surface area contributed by atoms with Gasteiger partial charge in [-0.05, 0) is 12.8 Å². The van der Waals surface area contributed by atoms with Crippen LogP contribution in [0, 0.1) is 0 Å². The zero-order chi connectivity index (χ0) is 9.80. The number of aliphatic imine (C=N–C) groups is 1.